The molecule has 2 unspecified atom stereocenters. The Morgan fingerprint density at radius 3 is 2.90 bits per heavy atom. The van der Waals surface area contributed by atoms with Gasteiger partial charge in [0.1, 0.15) is 0 Å². The molecule has 5 nitrogen and oxygen atoms in total. The Hall–Kier alpha value is -0.950. The largest absolute Gasteiger partial charge is 0.310 e. The molecule has 118 valence electrons. The number of hydrogen-bond acceptors (Lipinski definition) is 4. The van der Waals surface area contributed by atoms with Crippen LogP contribution in [0.3, 0.4) is 0 Å². The first-order chi connectivity index (χ1) is 9.86. The van der Waals surface area contributed by atoms with Crippen molar-refractivity contribution in [2.45, 2.75) is 30.7 Å². The number of likely N-dealkylation sites (tertiary alicyclic amines) is 1. The summed E-state index contributed by atoms with van der Waals surface area (Å²) in [5.74, 6) is 0.660. The zero-order valence-corrected chi connectivity index (χ0v) is 13.6. The van der Waals surface area contributed by atoms with Gasteiger partial charge in [-0.1, -0.05) is 12.1 Å². The molecule has 0 spiro atoms. The predicted octanol–water partition coefficient (Wildman–Crippen LogP) is 1.33. The zero-order valence-electron chi connectivity index (χ0n) is 12.7. The molecule has 1 aromatic carbocycles. The number of primary sulfonamides is 1. The van der Waals surface area contributed by atoms with E-state index in [4.69, 9.17) is 5.14 Å². The molecule has 0 bridgehead atoms. The fraction of sp³-hybridized carbons (Fsp3) is 0.600. The van der Waals surface area contributed by atoms with Crippen molar-refractivity contribution in [3.8, 4) is 0 Å². The summed E-state index contributed by atoms with van der Waals surface area (Å²) < 4.78 is 22.8. The van der Waals surface area contributed by atoms with Crippen LogP contribution in [0.25, 0.3) is 0 Å². The summed E-state index contributed by atoms with van der Waals surface area (Å²) in [5.41, 5.74) is 0.950. The molecular formula is C15H25N3O2S. The van der Waals surface area contributed by atoms with Crippen LogP contribution in [-0.2, 0) is 10.0 Å². The monoisotopic (exact) mass is 311 g/mol. The van der Waals surface area contributed by atoms with E-state index in [1.54, 1.807) is 12.1 Å². The average Bonchev–Trinajstić information content (AvgIpc) is 2.44. The lowest BCUT2D eigenvalue weighted by Gasteiger charge is -2.30. The third kappa shape index (κ3) is 4.78. The fourth-order valence-corrected chi connectivity index (χ4v) is 3.43. The van der Waals surface area contributed by atoms with Gasteiger partial charge in [0.2, 0.25) is 10.0 Å². The number of nitrogens with two attached hydrogens (primary N) is 1. The highest BCUT2D eigenvalue weighted by atomic mass is 32.2. The molecule has 21 heavy (non-hydrogen) atoms. The van der Waals surface area contributed by atoms with Crippen LogP contribution >= 0.6 is 0 Å². The Kier molecular flexibility index (Phi) is 5.37. The number of nitrogens with one attached hydrogen (secondary N) is 1. The van der Waals surface area contributed by atoms with Crippen LogP contribution in [-0.4, -0.2) is 40.0 Å². The molecule has 0 saturated carbocycles. The third-order valence-electron chi connectivity index (χ3n) is 4.12. The van der Waals surface area contributed by atoms with Crippen LogP contribution in [0.4, 0.5) is 0 Å². The molecule has 1 heterocycles. The van der Waals surface area contributed by atoms with Gasteiger partial charge in [-0.15, -0.1) is 0 Å². The van der Waals surface area contributed by atoms with Gasteiger partial charge in [-0.25, -0.2) is 13.6 Å². The molecule has 1 saturated heterocycles. The highest BCUT2D eigenvalue weighted by Gasteiger charge is 2.18. The number of sulfonamides is 1. The van der Waals surface area contributed by atoms with E-state index in [-0.39, 0.29) is 10.9 Å². The summed E-state index contributed by atoms with van der Waals surface area (Å²) in [5, 5.41) is 8.68. The Morgan fingerprint density at radius 2 is 2.24 bits per heavy atom. The normalized spacial score (nSPS) is 22.1. The highest BCUT2D eigenvalue weighted by molar-refractivity contribution is 7.89. The number of nitrogens with zero attached hydrogens (tertiary/aromatic N) is 1. The van der Waals surface area contributed by atoms with Gasteiger partial charge in [0, 0.05) is 12.6 Å². The molecule has 2 rings (SSSR count). The summed E-state index contributed by atoms with van der Waals surface area (Å²) in [6, 6.07) is 6.96. The van der Waals surface area contributed by atoms with E-state index in [9.17, 15) is 8.42 Å². The molecule has 0 aliphatic carbocycles. The Bertz CT molecular complexity index is 574. The van der Waals surface area contributed by atoms with Crippen LogP contribution in [0.5, 0.6) is 0 Å². The molecular weight excluding hydrogens is 286 g/mol. The van der Waals surface area contributed by atoms with Gasteiger partial charge in [-0.2, -0.15) is 0 Å². The van der Waals surface area contributed by atoms with Crippen molar-refractivity contribution in [3.05, 3.63) is 29.8 Å². The minimum absolute atomic E-state index is 0.110. The molecule has 0 amide bonds. The van der Waals surface area contributed by atoms with Gasteiger partial charge in [0.15, 0.2) is 0 Å². The maximum absolute atomic E-state index is 11.4. The van der Waals surface area contributed by atoms with Crippen molar-refractivity contribution < 1.29 is 8.42 Å². The molecule has 0 radical (unpaired) electrons. The quantitative estimate of drug-likeness (QED) is 0.860. The second-order valence-corrected chi connectivity index (χ2v) is 7.58. The van der Waals surface area contributed by atoms with Crippen molar-refractivity contribution in [2.24, 2.45) is 11.1 Å². The minimum atomic E-state index is -3.64. The van der Waals surface area contributed by atoms with Crippen molar-refractivity contribution in [1.82, 2.24) is 10.2 Å². The number of piperidine rings is 1. The summed E-state index contributed by atoms with van der Waals surface area (Å²) in [7, 11) is -1.48. The van der Waals surface area contributed by atoms with Crippen molar-refractivity contribution >= 4 is 10.0 Å². The lowest BCUT2D eigenvalue weighted by atomic mass is 9.98. The fourth-order valence-electron chi connectivity index (χ4n) is 2.86. The summed E-state index contributed by atoms with van der Waals surface area (Å²) >= 11 is 0. The maximum atomic E-state index is 11.4. The maximum Gasteiger partial charge on any atom is 0.238 e. The van der Waals surface area contributed by atoms with Crippen LogP contribution in [0, 0.1) is 5.92 Å². The average molecular weight is 311 g/mol. The second kappa shape index (κ2) is 6.87. The Morgan fingerprint density at radius 1 is 1.48 bits per heavy atom. The number of rotatable bonds is 5. The van der Waals surface area contributed by atoms with E-state index < -0.39 is 10.0 Å². The zero-order chi connectivity index (χ0) is 15.5. The van der Waals surface area contributed by atoms with Gasteiger partial charge in [0.25, 0.3) is 0 Å². The van der Waals surface area contributed by atoms with E-state index in [0.717, 1.165) is 18.7 Å². The van der Waals surface area contributed by atoms with E-state index in [2.05, 4.69) is 24.2 Å². The molecule has 0 aromatic heterocycles. The van der Waals surface area contributed by atoms with E-state index in [0.29, 0.717) is 5.92 Å². The van der Waals surface area contributed by atoms with Gasteiger partial charge < -0.3 is 10.2 Å². The van der Waals surface area contributed by atoms with Crippen molar-refractivity contribution in [3.63, 3.8) is 0 Å². The molecule has 1 aliphatic rings. The van der Waals surface area contributed by atoms with Crippen LogP contribution in [0.15, 0.2) is 29.2 Å². The molecule has 1 fully saturated rings. The summed E-state index contributed by atoms with van der Waals surface area (Å²) in [6.45, 7) is 5.30. The van der Waals surface area contributed by atoms with Crippen LogP contribution in [0.2, 0.25) is 0 Å². The van der Waals surface area contributed by atoms with Crippen molar-refractivity contribution in [2.75, 3.05) is 26.7 Å². The van der Waals surface area contributed by atoms with Gasteiger partial charge in [-0.3, -0.25) is 0 Å². The smallest absolute Gasteiger partial charge is 0.238 e. The van der Waals surface area contributed by atoms with E-state index in [1.807, 2.05) is 6.07 Å². The number of benzene rings is 1. The summed E-state index contributed by atoms with van der Waals surface area (Å²) in [4.78, 5) is 2.54. The van der Waals surface area contributed by atoms with Crippen molar-refractivity contribution in [1.29, 1.82) is 0 Å². The first kappa shape index (κ1) is 16.4. The lowest BCUT2D eigenvalue weighted by Crippen LogP contribution is -2.38. The SMILES string of the molecule is CC(NCC1CCCN(C)C1)c1cccc(S(N)(=O)=O)c1. The van der Waals surface area contributed by atoms with Crippen LogP contribution in [0.1, 0.15) is 31.4 Å². The van der Waals surface area contributed by atoms with Gasteiger partial charge in [-0.05, 0) is 63.5 Å². The number of hydrogen-bond donors (Lipinski definition) is 2. The highest BCUT2D eigenvalue weighted by Crippen LogP contribution is 2.19. The summed E-state index contributed by atoms with van der Waals surface area (Å²) in [6.07, 6.45) is 2.50. The predicted molar refractivity (Wildman–Crippen MR) is 84.5 cm³/mol. The standard InChI is InChI=1S/C15H25N3O2S/c1-12(17-10-13-5-4-8-18(2)11-13)14-6-3-7-15(9-14)21(16,19)20/h3,6-7,9,12-13,17H,4-5,8,10-11H2,1-2H3,(H2,16,19,20). The van der Waals surface area contributed by atoms with Gasteiger partial charge in [0.05, 0.1) is 4.90 Å². The topological polar surface area (TPSA) is 75.4 Å². The van der Waals surface area contributed by atoms with E-state index in [1.165, 1.54) is 25.5 Å². The minimum Gasteiger partial charge on any atom is -0.310 e. The Balaban J connectivity index is 1.95. The lowest BCUT2D eigenvalue weighted by molar-refractivity contribution is 0.203. The van der Waals surface area contributed by atoms with E-state index >= 15 is 0 Å². The van der Waals surface area contributed by atoms with Crippen LogP contribution < -0.4 is 10.5 Å². The molecule has 1 aromatic rings. The molecule has 1 aliphatic heterocycles. The first-order valence-electron chi connectivity index (χ1n) is 7.41. The Labute approximate surface area is 127 Å². The second-order valence-electron chi connectivity index (χ2n) is 6.02. The first-order valence-corrected chi connectivity index (χ1v) is 8.95. The molecule has 6 heteroatoms. The molecule has 2 atom stereocenters. The van der Waals surface area contributed by atoms with Gasteiger partial charge >= 0.3 is 0 Å². The molecule has 3 N–H and O–H groups in total. The third-order valence-corrected chi connectivity index (χ3v) is 5.03.